The van der Waals surface area contributed by atoms with E-state index in [4.69, 9.17) is 14.7 Å². The molecule has 10 heteroatoms. The van der Waals surface area contributed by atoms with Crippen molar-refractivity contribution in [2.75, 3.05) is 48.0 Å². The van der Waals surface area contributed by atoms with Crippen molar-refractivity contribution in [3.05, 3.63) is 59.4 Å². The molecule has 190 valence electrons. The van der Waals surface area contributed by atoms with Crippen LogP contribution in [0.1, 0.15) is 30.7 Å². The number of anilines is 3. The van der Waals surface area contributed by atoms with Crippen molar-refractivity contribution >= 4 is 23.4 Å². The highest BCUT2D eigenvalue weighted by atomic mass is 16.5. The number of carbonyl (C=O) groups is 1. The maximum absolute atomic E-state index is 11.9. The number of nitriles is 1. The molecule has 4 heterocycles. The van der Waals surface area contributed by atoms with Crippen LogP contribution in [0.25, 0.3) is 11.4 Å². The minimum absolute atomic E-state index is 0.197. The number of ether oxygens (including phenoxy) is 1. The summed E-state index contributed by atoms with van der Waals surface area (Å²) in [5, 5.41) is 15.1. The topological polar surface area (TPSA) is 119 Å². The average Bonchev–Trinajstić information content (AvgIpc) is 2.93. The number of carbonyl (C=O) groups excluding carboxylic acids is 1. The van der Waals surface area contributed by atoms with Crippen molar-refractivity contribution in [2.45, 2.75) is 32.9 Å². The summed E-state index contributed by atoms with van der Waals surface area (Å²) >= 11 is 0. The molecule has 0 aliphatic carbocycles. The van der Waals surface area contributed by atoms with E-state index in [1.54, 1.807) is 18.3 Å². The van der Waals surface area contributed by atoms with Crippen molar-refractivity contribution in [3.63, 3.8) is 0 Å². The van der Waals surface area contributed by atoms with Crippen LogP contribution in [0.4, 0.5) is 22.1 Å². The lowest BCUT2D eigenvalue weighted by atomic mass is 10.0. The maximum Gasteiger partial charge on any atom is 0.319 e. The Labute approximate surface area is 216 Å². The number of fused-ring (bicyclic) bond motifs is 1. The van der Waals surface area contributed by atoms with Gasteiger partial charge in [0.1, 0.15) is 17.7 Å². The third-order valence-corrected chi connectivity index (χ3v) is 6.63. The predicted molar refractivity (Wildman–Crippen MR) is 141 cm³/mol. The quantitative estimate of drug-likeness (QED) is 0.550. The standard InChI is InChI=1S/C27H30N8O2/c1-3-29-27(36)31-21-8-6-19(7-9-21)24-32-23-16-34(25-20(15-28)5-4-11-30-25)12-10-22(23)26(33-24)35-13-14-37-17-18(35)2/h4-9,11,18H,3,10,12-14,16-17H2,1-2H3,(H2,29,31,36). The van der Waals surface area contributed by atoms with E-state index in [2.05, 4.69) is 38.4 Å². The molecule has 37 heavy (non-hydrogen) atoms. The minimum atomic E-state index is -0.241. The third-order valence-electron chi connectivity index (χ3n) is 6.63. The first kappa shape index (κ1) is 24.5. The number of morpholine rings is 1. The average molecular weight is 499 g/mol. The lowest BCUT2D eigenvalue weighted by Crippen LogP contribution is -2.45. The summed E-state index contributed by atoms with van der Waals surface area (Å²) in [7, 11) is 0. The van der Waals surface area contributed by atoms with Crippen molar-refractivity contribution in [2.24, 2.45) is 0 Å². The van der Waals surface area contributed by atoms with Crippen molar-refractivity contribution in [1.82, 2.24) is 20.3 Å². The Bertz CT molecular complexity index is 1320. The van der Waals surface area contributed by atoms with Gasteiger partial charge in [0.15, 0.2) is 5.82 Å². The third kappa shape index (κ3) is 5.17. The number of benzene rings is 1. The summed E-state index contributed by atoms with van der Waals surface area (Å²) in [6.07, 6.45) is 2.47. The second-order valence-corrected chi connectivity index (χ2v) is 9.13. The molecule has 5 rings (SSSR count). The lowest BCUT2D eigenvalue weighted by Gasteiger charge is -2.38. The molecule has 0 spiro atoms. The fourth-order valence-corrected chi connectivity index (χ4v) is 4.77. The van der Waals surface area contributed by atoms with Crippen LogP contribution >= 0.6 is 0 Å². The molecule has 2 aromatic heterocycles. The monoisotopic (exact) mass is 498 g/mol. The van der Waals surface area contributed by atoms with E-state index < -0.39 is 0 Å². The Kier molecular flexibility index (Phi) is 7.14. The Morgan fingerprint density at radius 3 is 2.78 bits per heavy atom. The van der Waals surface area contributed by atoms with Crippen LogP contribution in [0.3, 0.4) is 0 Å². The second-order valence-electron chi connectivity index (χ2n) is 9.13. The van der Waals surface area contributed by atoms with E-state index in [0.717, 1.165) is 42.1 Å². The summed E-state index contributed by atoms with van der Waals surface area (Å²) < 4.78 is 5.68. The van der Waals surface area contributed by atoms with Gasteiger partial charge in [-0.3, -0.25) is 0 Å². The number of rotatable bonds is 5. The molecule has 2 aliphatic rings. The molecule has 2 amide bonds. The first-order valence-electron chi connectivity index (χ1n) is 12.6. The smallest absolute Gasteiger partial charge is 0.319 e. The molecular weight excluding hydrogens is 468 g/mol. The van der Waals surface area contributed by atoms with E-state index in [1.165, 1.54) is 0 Å². The van der Waals surface area contributed by atoms with Gasteiger partial charge in [-0.1, -0.05) is 0 Å². The summed E-state index contributed by atoms with van der Waals surface area (Å²) in [4.78, 5) is 30.8. The Morgan fingerprint density at radius 2 is 2.03 bits per heavy atom. The van der Waals surface area contributed by atoms with Crippen LogP contribution in [0.2, 0.25) is 0 Å². The number of urea groups is 1. The minimum Gasteiger partial charge on any atom is -0.377 e. The molecular formula is C27H30N8O2. The fourth-order valence-electron chi connectivity index (χ4n) is 4.77. The molecule has 0 bridgehead atoms. The zero-order valence-corrected chi connectivity index (χ0v) is 21.1. The highest BCUT2D eigenvalue weighted by Crippen LogP contribution is 2.33. The number of hydrogen-bond acceptors (Lipinski definition) is 8. The van der Waals surface area contributed by atoms with E-state index in [0.29, 0.717) is 49.2 Å². The SMILES string of the molecule is CCNC(=O)Nc1ccc(-c2nc3c(c(N4CCOCC4C)n2)CCN(c2ncccc2C#N)C3)cc1. The molecule has 0 saturated carbocycles. The summed E-state index contributed by atoms with van der Waals surface area (Å²) in [6, 6.07) is 13.3. The Balaban J connectivity index is 1.51. The normalized spacial score (nSPS) is 17.1. The summed E-state index contributed by atoms with van der Waals surface area (Å²) in [5.74, 6) is 2.25. The highest BCUT2D eigenvalue weighted by Gasteiger charge is 2.30. The molecule has 0 radical (unpaired) electrons. The van der Waals surface area contributed by atoms with Gasteiger partial charge >= 0.3 is 6.03 Å². The largest absolute Gasteiger partial charge is 0.377 e. The van der Waals surface area contributed by atoms with Crippen LogP contribution < -0.4 is 20.4 Å². The van der Waals surface area contributed by atoms with Gasteiger partial charge in [-0.15, -0.1) is 0 Å². The van der Waals surface area contributed by atoms with E-state index >= 15 is 0 Å². The zero-order valence-electron chi connectivity index (χ0n) is 21.1. The van der Waals surface area contributed by atoms with E-state index in [1.807, 2.05) is 31.2 Å². The van der Waals surface area contributed by atoms with Gasteiger partial charge in [0.25, 0.3) is 0 Å². The molecule has 2 aliphatic heterocycles. The van der Waals surface area contributed by atoms with Crippen LogP contribution in [0, 0.1) is 11.3 Å². The van der Waals surface area contributed by atoms with E-state index in [9.17, 15) is 10.1 Å². The number of aromatic nitrogens is 3. The van der Waals surface area contributed by atoms with Crippen LogP contribution in [-0.4, -0.2) is 59.9 Å². The molecule has 1 aromatic carbocycles. The van der Waals surface area contributed by atoms with Gasteiger partial charge in [0, 0.05) is 42.6 Å². The molecule has 10 nitrogen and oxygen atoms in total. The van der Waals surface area contributed by atoms with Gasteiger partial charge in [-0.2, -0.15) is 5.26 Å². The number of hydrogen-bond donors (Lipinski definition) is 2. The number of nitrogens with one attached hydrogen (secondary N) is 2. The second kappa shape index (κ2) is 10.8. The molecule has 1 fully saturated rings. The molecule has 3 aromatic rings. The van der Waals surface area contributed by atoms with Gasteiger partial charge in [0.05, 0.1) is 37.1 Å². The van der Waals surface area contributed by atoms with Gasteiger partial charge < -0.3 is 25.2 Å². The van der Waals surface area contributed by atoms with Crippen LogP contribution in [0.15, 0.2) is 42.6 Å². The Hall–Kier alpha value is -4.23. The maximum atomic E-state index is 11.9. The van der Waals surface area contributed by atoms with Gasteiger partial charge in [-0.25, -0.2) is 19.7 Å². The van der Waals surface area contributed by atoms with Gasteiger partial charge in [0.2, 0.25) is 0 Å². The lowest BCUT2D eigenvalue weighted by molar-refractivity contribution is 0.0984. The summed E-state index contributed by atoms with van der Waals surface area (Å²) in [5.41, 5.74) is 4.18. The summed E-state index contributed by atoms with van der Waals surface area (Å²) in [6.45, 7) is 7.93. The fraction of sp³-hybridized carbons (Fsp3) is 0.370. The highest BCUT2D eigenvalue weighted by molar-refractivity contribution is 5.89. The van der Waals surface area contributed by atoms with Crippen LogP contribution in [0.5, 0.6) is 0 Å². The zero-order chi connectivity index (χ0) is 25.8. The van der Waals surface area contributed by atoms with Crippen LogP contribution in [-0.2, 0) is 17.7 Å². The number of amides is 2. The van der Waals surface area contributed by atoms with E-state index in [-0.39, 0.29) is 12.1 Å². The van der Waals surface area contributed by atoms with Gasteiger partial charge in [-0.05, 0) is 56.7 Å². The first-order chi connectivity index (χ1) is 18.1. The molecule has 1 atom stereocenters. The predicted octanol–water partition coefficient (Wildman–Crippen LogP) is 3.34. The molecule has 2 N–H and O–H groups in total. The number of nitrogens with zero attached hydrogens (tertiary/aromatic N) is 6. The first-order valence-corrected chi connectivity index (χ1v) is 12.6. The van der Waals surface area contributed by atoms with Crippen molar-refractivity contribution in [1.29, 1.82) is 5.26 Å². The number of pyridine rings is 1. The molecule has 1 unspecified atom stereocenters. The molecule has 1 saturated heterocycles. The Morgan fingerprint density at radius 1 is 1.19 bits per heavy atom. The van der Waals surface area contributed by atoms with Crippen molar-refractivity contribution in [3.8, 4) is 17.5 Å². The van der Waals surface area contributed by atoms with Crippen molar-refractivity contribution < 1.29 is 9.53 Å².